The van der Waals surface area contributed by atoms with E-state index in [1.54, 1.807) is 6.33 Å². The number of guanidine groups is 1. The number of aryl methyl sites for hydroxylation is 1. The molecule has 1 aromatic rings. The molecule has 1 aliphatic heterocycles. The summed E-state index contributed by atoms with van der Waals surface area (Å²) in [4.78, 5) is 4.49. The average Bonchev–Trinajstić information content (AvgIpc) is 3.04. The van der Waals surface area contributed by atoms with Gasteiger partial charge in [0.25, 0.3) is 0 Å². The minimum absolute atomic E-state index is 0. The molecule has 1 fully saturated rings. The number of hydrogen-bond acceptors (Lipinski definition) is 4. The van der Waals surface area contributed by atoms with Gasteiger partial charge in [-0.05, 0) is 19.8 Å². The van der Waals surface area contributed by atoms with Crippen LogP contribution in [0.3, 0.4) is 0 Å². The highest BCUT2D eigenvalue weighted by atomic mass is 127. The highest BCUT2D eigenvalue weighted by molar-refractivity contribution is 14.0. The van der Waals surface area contributed by atoms with E-state index in [1.165, 1.54) is 0 Å². The van der Waals surface area contributed by atoms with Crippen LogP contribution >= 0.6 is 24.0 Å². The molecule has 114 valence electrons. The summed E-state index contributed by atoms with van der Waals surface area (Å²) in [5, 5.41) is 14.4. The molecule has 0 amide bonds. The predicted molar refractivity (Wildman–Crippen MR) is 88.2 cm³/mol. The van der Waals surface area contributed by atoms with Crippen molar-refractivity contribution in [3.05, 3.63) is 12.2 Å². The Labute approximate surface area is 136 Å². The highest BCUT2D eigenvalue weighted by Crippen LogP contribution is 2.10. The topological polar surface area (TPSA) is 76.4 Å². The van der Waals surface area contributed by atoms with Crippen molar-refractivity contribution in [1.29, 1.82) is 0 Å². The van der Waals surface area contributed by atoms with Crippen LogP contribution in [0.4, 0.5) is 0 Å². The van der Waals surface area contributed by atoms with E-state index in [4.69, 9.17) is 4.74 Å². The Morgan fingerprint density at radius 1 is 1.55 bits per heavy atom. The standard InChI is InChI=1S/C12H22N6O.HI/c1-3-13-12(14-7-10-5-4-6-19-10)15-8-11-17-16-9-18(11)2;/h9-10H,3-8H2,1-2H3,(H2,13,14,15);1H. The fourth-order valence-corrected chi connectivity index (χ4v) is 1.96. The molecule has 2 heterocycles. The maximum absolute atomic E-state index is 5.58. The maximum atomic E-state index is 5.58. The molecule has 1 atom stereocenters. The van der Waals surface area contributed by atoms with Gasteiger partial charge in [-0.25, -0.2) is 4.99 Å². The lowest BCUT2D eigenvalue weighted by atomic mass is 10.2. The Hall–Kier alpha value is -0.900. The van der Waals surface area contributed by atoms with Crippen LogP contribution in [0.1, 0.15) is 25.6 Å². The first-order chi connectivity index (χ1) is 9.29. The third kappa shape index (κ3) is 5.23. The Morgan fingerprint density at radius 3 is 3.00 bits per heavy atom. The summed E-state index contributed by atoms with van der Waals surface area (Å²) in [6, 6.07) is 0. The lowest BCUT2D eigenvalue weighted by Crippen LogP contribution is -2.41. The van der Waals surface area contributed by atoms with Gasteiger partial charge in [-0.1, -0.05) is 0 Å². The summed E-state index contributed by atoms with van der Waals surface area (Å²) in [5.41, 5.74) is 0. The number of nitrogens with one attached hydrogen (secondary N) is 2. The van der Waals surface area contributed by atoms with Crippen molar-refractivity contribution < 1.29 is 4.74 Å². The molecule has 0 saturated carbocycles. The van der Waals surface area contributed by atoms with Gasteiger partial charge in [0.1, 0.15) is 12.9 Å². The van der Waals surface area contributed by atoms with Crippen molar-refractivity contribution in [2.24, 2.45) is 12.0 Å². The molecule has 0 spiro atoms. The van der Waals surface area contributed by atoms with Crippen LogP contribution in [0.5, 0.6) is 0 Å². The number of aromatic nitrogens is 3. The molecule has 1 aromatic heterocycles. The summed E-state index contributed by atoms with van der Waals surface area (Å²) in [5.74, 6) is 1.63. The lowest BCUT2D eigenvalue weighted by molar-refractivity contribution is 0.114. The lowest BCUT2D eigenvalue weighted by Gasteiger charge is -2.14. The molecule has 1 saturated heterocycles. The smallest absolute Gasteiger partial charge is 0.191 e. The summed E-state index contributed by atoms with van der Waals surface area (Å²) in [6.07, 6.45) is 4.25. The number of rotatable bonds is 5. The van der Waals surface area contributed by atoms with Gasteiger partial charge in [-0.3, -0.25) is 0 Å². The van der Waals surface area contributed by atoms with E-state index in [0.717, 1.165) is 44.3 Å². The average molecular weight is 394 g/mol. The molecule has 20 heavy (non-hydrogen) atoms. The van der Waals surface area contributed by atoms with E-state index in [9.17, 15) is 0 Å². The summed E-state index contributed by atoms with van der Waals surface area (Å²) in [7, 11) is 1.91. The molecular formula is C12H23IN6O. The summed E-state index contributed by atoms with van der Waals surface area (Å²) in [6.45, 7) is 5.06. The number of hydrogen-bond donors (Lipinski definition) is 2. The van der Waals surface area contributed by atoms with Crippen molar-refractivity contribution in [2.75, 3.05) is 19.7 Å². The first-order valence-corrected chi connectivity index (χ1v) is 6.76. The largest absolute Gasteiger partial charge is 0.376 e. The SMILES string of the molecule is CCNC(=NCc1nncn1C)NCC1CCCO1.I. The van der Waals surface area contributed by atoms with Gasteiger partial charge in [0.2, 0.25) is 0 Å². The molecule has 0 radical (unpaired) electrons. The molecule has 0 aliphatic carbocycles. The molecule has 0 aromatic carbocycles. The van der Waals surface area contributed by atoms with Gasteiger partial charge >= 0.3 is 0 Å². The molecule has 2 N–H and O–H groups in total. The number of halogens is 1. The fraction of sp³-hybridized carbons (Fsp3) is 0.750. The Balaban J connectivity index is 0.00000200. The summed E-state index contributed by atoms with van der Waals surface area (Å²) < 4.78 is 7.45. The first-order valence-electron chi connectivity index (χ1n) is 6.76. The Kier molecular flexibility index (Phi) is 7.82. The number of ether oxygens (including phenoxy) is 1. The van der Waals surface area contributed by atoms with Crippen molar-refractivity contribution in [3.63, 3.8) is 0 Å². The minimum Gasteiger partial charge on any atom is -0.376 e. The van der Waals surface area contributed by atoms with Crippen LogP contribution in [-0.4, -0.2) is 46.5 Å². The molecule has 0 bridgehead atoms. The van der Waals surface area contributed by atoms with Gasteiger partial charge in [0, 0.05) is 26.7 Å². The second-order valence-electron chi connectivity index (χ2n) is 4.57. The van der Waals surface area contributed by atoms with Crippen LogP contribution in [0.25, 0.3) is 0 Å². The predicted octanol–water partition coefficient (Wildman–Crippen LogP) is 0.667. The van der Waals surface area contributed by atoms with Crippen molar-refractivity contribution in [3.8, 4) is 0 Å². The molecule has 1 unspecified atom stereocenters. The van der Waals surface area contributed by atoms with Crippen LogP contribution in [-0.2, 0) is 18.3 Å². The molecule has 1 aliphatic rings. The third-order valence-electron chi connectivity index (χ3n) is 3.05. The van der Waals surface area contributed by atoms with Gasteiger partial charge in [0.15, 0.2) is 11.8 Å². The van der Waals surface area contributed by atoms with E-state index in [0.29, 0.717) is 12.6 Å². The van der Waals surface area contributed by atoms with E-state index in [2.05, 4.69) is 25.8 Å². The van der Waals surface area contributed by atoms with Gasteiger partial charge in [-0.2, -0.15) is 0 Å². The van der Waals surface area contributed by atoms with Crippen LogP contribution in [0.15, 0.2) is 11.3 Å². The van der Waals surface area contributed by atoms with E-state index >= 15 is 0 Å². The first kappa shape index (κ1) is 17.2. The Bertz CT molecular complexity index is 416. The Morgan fingerprint density at radius 2 is 2.40 bits per heavy atom. The zero-order valence-corrected chi connectivity index (χ0v) is 14.3. The fourth-order valence-electron chi connectivity index (χ4n) is 1.96. The zero-order valence-electron chi connectivity index (χ0n) is 12.0. The molecular weight excluding hydrogens is 371 g/mol. The van der Waals surface area contributed by atoms with Crippen LogP contribution in [0, 0.1) is 0 Å². The van der Waals surface area contributed by atoms with Gasteiger partial charge in [0.05, 0.1) is 6.10 Å². The van der Waals surface area contributed by atoms with Crippen LogP contribution < -0.4 is 10.6 Å². The van der Waals surface area contributed by atoms with E-state index in [1.807, 2.05) is 18.5 Å². The van der Waals surface area contributed by atoms with Gasteiger partial charge in [-0.15, -0.1) is 34.2 Å². The molecule has 8 heteroatoms. The quantitative estimate of drug-likeness (QED) is 0.436. The second-order valence-corrected chi connectivity index (χ2v) is 4.57. The second kappa shape index (κ2) is 9.11. The third-order valence-corrected chi connectivity index (χ3v) is 3.05. The molecule has 2 rings (SSSR count). The minimum atomic E-state index is 0. The van der Waals surface area contributed by atoms with Crippen LogP contribution in [0.2, 0.25) is 0 Å². The monoisotopic (exact) mass is 394 g/mol. The normalized spacial score (nSPS) is 18.7. The summed E-state index contributed by atoms with van der Waals surface area (Å²) >= 11 is 0. The van der Waals surface area contributed by atoms with E-state index < -0.39 is 0 Å². The molecule has 7 nitrogen and oxygen atoms in total. The van der Waals surface area contributed by atoms with Crippen molar-refractivity contribution >= 4 is 29.9 Å². The number of aliphatic imine (C=N–C) groups is 1. The maximum Gasteiger partial charge on any atom is 0.191 e. The van der Waals surface area contributed by atoms with Gasteiger partial charge < -0.3 is 19.9 Å². The zero-order chi connectivity index (χ0) is 13.5. The van der Waals surface area contributed by atoms with E-state index in [-0.39, 0.29) is 24.0 Å². The highest BCUT2D eigenvalue weighted by Gasteiger charge is 2.15. The number of nitrogens with zero attached hydrogens (tertiary/aromatic N) is 4. The van der Waals surface area contributed by atoms with Crippen molar-refractivity contribution in [1.82, 2.24) is 25.4 Å². The van der Waals surface area contributed by atoms with Crippen molar-refractivity contribution in [2.45, 2.75) is 32.4 Å².